The molecule has 0 amide bonds. The first-order chi connectivity index (χ1) is 10.4. The average molecular weight is 317 g/mol. The van der Waals surface area contributed by atoms with E-state index in [-0.39, 0.29) is 12.4 Å². The molecule has 1 aromatic heterocycles. The van der Waals surface area contributed by atoms with Crippen LogP contribution in [0.2, 0.25) is 0 Å². The average Bonchev–Trinajstić information content (AvgIpc) is 3.03. The van der Waals surface area contributed by atoms with Crippen LogP contribution in [0, 0.1) is 0 Å². The second-order valence-electron chi connectivity index (χ2n) is 4.61. The van der Waals surface area contributed by atoms with E-state index >= 15 is 0 Å². The molecule has 0 spiro atoms. The molecule has 3 rings (SSSR count). The zero-order valence-electron chi connectivity index (χ0n) is 11.9. The summed E-state index contributed by atoms with van der Waals surface area (Å²) in [4.78, 5) is 0. The summed E-state index contributed by atoms with van der Waals surface area (Å²) in [5, 5.41) is 3.86. The third-order valence-corrected chi connectivity index (χ3v) is 3.13. The van der Waals surface area contributed by atoms with Crippen molar-refractivity contribution in [3.63, 3.8) is 0 Å². The molecule has 5 heteroatoms. The van der Waals surface area contributed by atoms with Crippen molar-refractivity contribution in [1.29, 1.82) is 0 Å². The van der Waals surface area contributed by atoms with Crippen molar-refractivity contribution in [3.05, 3.63) is 60.7 Å². The SMILES string of the molecule is Cl.NCCOc1cc(-c2ccc(-c3ccccc3)cc2)on1. The van der Waals surface area contributed by atoms with Crippen LogP contribution < -0.4 is 10.5 Å². The third kappa shape index (κ3) is 3.67. The Bertz CT molecular complexity index is 696. The van der Waals surface area contributed by atoms with Crippen molar-refractivity contribution in [1.82, 2.24) is 5.16 Å². The topological polar surface area (TPSA) is 61.3 Å². The van der Waals surface area contributed by atoms with Crippen LogP contribution in [0.3, 0.4) is 0 Å². The summed E-state index contributed by atoms with van der Waals surface area (Å²) in [5.41, 5.74) is 8.70. The molecule has 0 aliphatic rings. The first kappa shape index (κ1) is 16.1. The highest BCUT2D eigenvalue weighted by molar-refractivity contribution is 5.85. The van der Waals surface area contributed by atoms with E-state index in [1.54, 1.807) is 6.07 Å². The lowest BCUT2D eigenvalue weighted by Crippen LogP contribution is -2.10. The predicted molar refractivity (Wildman–Crippen MR) is 89.2 cm³/mol. The van der Waals surface area contributed by atoms with Crippen LogP contribution in [0.15, 0.2) is 65.2 Å². The molecule has 3 aromatic rings. The van der Waals surface area contributed by atoms with Gasteiger partial charge in [-0.05, 0) is 16.3 Å². The zero-order valence-corrected chi connectivity index (χ0v) is 12.8. The number of ether oxygens (including phenoxy) is 1. The van der Waals surface area contributed by atoms with Gasteiger partial charge in [0.05, 0.1) is 0 Å². The molecule has 0 bridgehead atoms. The zero-order chi connectivity index (χ0) is 14.5. The minimum absolute atomic E-state index is 0. The van der Waals surface area contributed by atoms with Crippen LogP contribution in [0.1, 0.15) is 0 Å². The van der Waals surface area contributed by atoms with Gasteiger partial charge in [0.25, 0.3) is 5.88 Å². The molecule has 22 heavy (non-hydrogen) atoms. The smallest absolute Gasteiger partial charge is 0.254 e. The van der Waals surface area contributed by atoms with Crippen molar-refractivity contribution >= 4 is 12.4 Å². The summed E-state index contributed by atoms with van der Waals surface area (Å²) < 4.78 is 10.6. The van der Waals surface area contributed by atoms with Crippen molar-refractivity contribution < 1.29 is 9.26 Å². The molecule has 2 N–H and O–H groups in total. The summed E-state index contributed by atoms with van der Waals surface area (Å²) in [6, 6.07) is 20.2. The van der Waals surface area contributed by atoms with E-state index in [0.717, 1.165) is 5.56 Å². The summed E-state index contributed by atoms with van der Waals surface area (Å²) in [6.45, 7) is 0.882. The Morgan fingerprint density at radius 1 is 0.909 bits per heavy atom. The molecule has 114 valence electrons. The Kier molecular flexibility index (Phi) is 5.58. The Morgan fingerprint density at radius 2 is 1.55 bits per heavy atom. The molecule has 0 aliphatic heterocycles. The van der Waals surface area contributed by atoms with Crippen molar-refractivity contribution in [3.8, 4) is 28.3 Å². The lowest BCUT2D eigenvalue weighted by molar-refractivity contribution is 0.288. The van der Waals surface area contributed by atoms with Crippen molar-refractivity contribution in [2.24, 2.45) is 5.73 Å². The van der Waals surface area contributed by atoms with Crippen LogP contribution in [0.5, 0.6) is 5.88 Å². The Morgan fingerprint density at radius 3 is 2.23 bits per heavy atom. The van der Waals surface area contributed by atoms with Gasteiger partial charge in [0, 0.05) is 18.2 Å². The summed E-state index contributed by atoms with van der Waals surface area (Å²) in [5.74, 6) is 1.14. The van der Waals surface area contributed by atoms with Gasteiger partial charge in [0.2, 0.25) is 0 Å². The van der Waals surface area contributed by atoms with Gasteiger partial charge in [-0.1, -0.05) is 54.6 Å². The fourth-order valence-corrected chi connectivity index (χ4v) is 2.08. The number of halogens is 1. The number of nitrogens with zero attached hydrogens (tertiary/aromatic N) is 1. The van der Waals surface area contributed by atoms with Gasteiger partial charge in [0.1, 0.15) is 6.61 Å². The standard InChI is InChI=1S/C17H16N2O2.ClH/c18-10-11-20-17-12-16(21-19-17)15-8-6-14(7-9-15)13-4-2-1-3-5-13;/h1-9,12H,10-11,18H2;1H. The highest BCUT2D eigenvalue weighted by atomic mass is 35.5. The van der Waals surface area contributed by atoms with E-state index in [0.29, 0.717) is 24.8 Å². The maximum atomic E-state index is 5.38. The van der Waals surface area contributed by atoms with E-state index in [9.17, 15) is 0 Å². The van der Waals surface area contributed by atoms with E-state index in [1.807, 2.05) is 30.3 Å². The number of benzene rings is 2. The van der Waals surface area contributed by atoms with E-state index in [2.05, 4.69) is 29.4 Å². The normalized spacial score (nSPS) is 10.0. The Hall–Kier alpha value is -2.30. The molecule has 0 atom stereocenters. The fourth-order valence-electron chi connectivity index (χ4n) is 2.08. The van der Waals surface area contributed by atoms with Crippen LogP contribution in [0.4, 0.5) is 0 Å². The summed E-state index contributed by atoms with van der Waals surface area (Å²) in [7, 11) is 0. The highest BCUT2D eigenvalue weighted by Crippen LogP contribution is 2.26. The first-order valence-corrected chi connectivity index (χ1v) is 6.82. The van der Waals surface area contributed by atoms with Gasteiger partial charge in [-0.2, -0.15) is 0 Å². The monoisotopic (exact) mass is 316 g/mol. The lowest BCUT2D eigenvalue weighted by Gasteiger charge is -2.02. The van der Waals surface area contributed by atoms with Crippen LogP contribution in [-0.4, -0.2) is 18.3 Å². The van der Waals surface area contributed by atoms with Gasteiger partial charge < -0.3 is 15.0 Å². The molecule has 0 saturated heterocycles. The van der Waals surface area contributed by atoms with Crippen molar-refractivity contribution in [2.45, 2.75) is 0 Å². The van der Waals surface area contributed by atoms with Gasteiger partial charge in [0.15, 0.2) is 5.76 Å². The maximum absolute atomic E-state index is 5.38. The number of aromatic nitrogens is 1. The van der Waals surface area contributed by atoms with E-state index in [1.165, 1.54) is 11.1 Å². The van der Waals surface area contributed by atoms with Crippen LogP contribution >= 0.6 is 12.4 Å². The number of hydrogen-bond acceptors (Lipinski definition) is 4. The maximum Gasteiger partial charge on any atom is 0.254 e. The molecule has 0 radical (unpaired) electrons. The first-order valence-electron chi connectivity index (χ1n) is 6.82. The molecule has 0 unspecified atom stereocenters. The molecule has 2 aromatic carbocycles. The molecule has 0 aliphatic carbocycles. The van der Waals surface area contributed by atoms with Crippen LogP contribution in [-0.2, 0) is 0 Å². The predicted octanol–water partition coefficient (Wildman–Crippen LogP) is 3.77. The van der Waals surface area contributed by atoms with Gasteiger partial charge in [-0.15, -0.1) is 12.4 Å². The van der Waals surface area contributed by atoms with E-state index in [4.69, 9.17) is 15.0 Å². The minimum atomic E-state index is 0. The summed E-state index contributed by atoms with van der Waals surface area (Å²) in [6.07, 6.45) is 0. The molecular formula is C17H17ClN2O2. The highest BCUT2D eigenvalue weighted by Gasteiger charge is 2.07. The fraction of sp³-hybridized carbons (Fsp3) is 0.118. The minimum Gasteiger partial charge on any atom is -0.474 e. The van der Waals surface area contributed by atoms with Gasteiger partial charge >= 0.3 is 0 Å². The van der Waals surface area contributed by atoms with E-state index < -0.39 is 0 Å². The molecule has 0 saturated carbocycles. The lowest BCUT2D eigenvalue weighted by atomic mass is 10.0. The quantitative estimate of drug-likeness (QED) is 0.778. The molecular weight excluding hydrogens is 300 g/mol. The molecule has 1 heterocycles. The van der Waals surface area contributed by atoms with Gasteiger partial charge in [-0.25, -0.2) is 0 Å². The number of rotatable bonds is 5. The third-order valence-electron chi connectivity index (χ3n) is 3.13. The Balaban J connectivity index is 0.00000176. The Labute approximate surface area is 135 Å². The second-order valence-corrected chi connectivity index (χ2v) is 4.61. The van der Waals surface area contributed by atoms with Crippen LogP contribution in [0.25, 0.3) is 22.5 Å². The van der Waals surface area contributed by atoms with Gasteiger partial charge in [-0.3, -0.25) is 0 Å². The largest absolute Gasteiger partial charge is 0.474 e. The summed E-state index contributed by atoms with van der Waals surface area (Å²) >= 11 is 0. The molecule has 0 fully saturated rings. The number of hydrogen-bond donors (Lipinski definition) is 1. The number of nitrogens with two attached hydrogens (primary N) is 1. The molecule has 4 nitrogen and oxygen atoms in total. The second kappa shape index (κ2) is 7.64. The van der Waals surface area contributed by atoms with Crippen molar-refractivity contribution in [2.75, 3.05) is 13.2 Å².